The minimum atomic E-state index is -0.126. The quantitative estimate of drug-likeness (QED) is 0.674. The second-order valence-electron chi connectivity index (χ2n) is 5.20. The summed E-state index contributed by atoms with van der Waals surface area (Å²) in [6.07, 6.45) is 8.70. The summed E-state index contributed by atoms with van der Waals surface area (Å²) in [6, 6.07) is 0. The first-order valence-corrected chi connectivity index (χ1v) is 6.16. The Morgan fingerprint density at radius 2 is 1.79 bits per heavy atom. The minimum absolute atomic E-state index is 0.0126. The van der Waals surface area contributed by atoms with Gasteiger partial charge in [-0.25, -0.2) is 0 Å². The maximum absolute atomic E-state index is 10.1. The largest absolute Gasteiger partial charge is 0.391 e. The van der Waals surface area contributed by atoms with E-state index in [0.717, 1.165) is 19.4 Å². The summed E-state index contributed by atoms with van der Waals surface area (Å²) in [7, 11) is 0. The molecule has 0 spiro atoms. The molecule has 2 atom stereocenters. The third-order valence-corrected chi connectivity index (χ3v) is 4.31. The lowest BCUT2D eigenvalue weighted by Crippen LogP contribution is -2.60. The van der Waals surface area contributed by atoms with Crippen molar-refractivity contribution in [3.63, 3.8) is 0 Å². The molecular formula is C12H23NO. The van der Waals surface area contributed by atoms with Crippen LogP contribution in [-0.4, -0.2) is 23.3 Å². The van der Waals surface area contributed by atoms with Crippen molar-refractivity contribution < 1.29 is 5.11 Å². The normalized spacial score (nSPS) is 41.1. The summed E-state index contributed by atoms with van der Waals surface area (Å²) in [6.45, 7) is 3.32. The third-order valence-electron chi connectivity index (χ3n) is 4.31. The van der Waals surface area contributed by atoms with Gasteiger partial charge in [-0.3, -0.25) is 0 Å². The molecule has 14 heavy (non-hydrogen) atoms. The van der Waals surface area contributed by atoms with Crippen LogP contribution >= 0.6 is 0 Å². The van der Waals surface area contributed by atoms with E-state index in [9.17, 15) is 5.11 Å². The SMILES string of the molecule is CC1(C2CCCCC2)NCCCC1O. The van der Waals surface area contributed by atoms with E-state index < -0.39 is 0 Å². The maximum Gasteiger partial charge on any atom is 0.0722 e. The molecular weight excluding hydrogens is 174 g/mol. The maximum atomic E-state index is 10.1. The zero-order chi connectivity index (χ0) is 10.0. The summed E-state index contributed by atoms with van der Waals surface area (Å²) < 4.78 is 0. The van der Waals surface area contributed by atoms with Gasteiger partial charge in [-0.1, -0.05) is 19.3 Å². The smallest absolute Gasteiger partial charge is 0.0722 e. The second-order valence-corrected chi connectivity index (χ2v) is 5.20. The predicted octanol–water partition coefficient (Wildman–Crippen LogP) is 2.07. The van der Waals surface area contributed by atoms with E-state index in [-0.39, 0.29) is 11.6 Å². The van der Waals surface area contributed by atoms with Gasteiger partial charge in [0.15, 0.2) is 0 Å². The van der Waals surface area contributed by atoms with Gasteiger partial charge in [0.1, 0.15) is 0 Å². The number of hydrogen-bond donors (Lipinski definition) is 2. The fraction of sp³-hybridized carbons (Fsp3) is 1.00. The lowest BCUT2D eigenvalue weighted by atomic mass is 9.70. The van der Waals surface area contributed by atoms with E-state index in [0.29, 0.717) is 5.92 Å². The van der Waals surface area contributed by atoms with Gasteiger partial charge in [-0.15, -0.1) is 0 Å². The Morgan fingerprint density at radius 3 is 2.43 bits per heavy atom. The van der Waals surface area contributed by atoms with Crippen LogP contribution in [0.25, 0.3) is 0 Å². The van der Waals surface area contributed by atoms with Gasteiger partial charge in [0, 0.05) is 5.54 Å². The molecule has 1 saturated heterocycles. The number of hydrogen-bond acceptors (Lipinski definition) is 2. The van der Waals surface area contributed by atoms with Crippen LogP contribution in [-0.2, 0) is 0 Å². The van der Waals surface area contributed by atoms with E-state index in [1.54, 1.807) is 0 Å². The van der Waals surface area contributed by atoms with E-state index in [4.69, 9.17) is 0 Å². The predicted molar refractivity (Wildman–Crippen MR) is 58.2 cm³/mol. The molecule has 0 aromatic rings. The van der Waals surface area contributed by atoms with Crippen LogP contribution in [0.1, 0.15) is 51.9 Å². The van der Waals surface area contributed by atoms with Crippen molar-refractivity contribution in [1.29, 1.82) is 0 Å². The Hall–Kier alpha value is -0.0800. The Balaban J connectivity index is 2.03. The molecule has 1 saturated carbocycles. The average molecular weight is 197 g/mol. The molecule has 1 aliphatic carbocycles. The Morgan fingerprint density at radius 1 is 1.07 bits per heavy atom. The molecule has 82 valence electrons. The first-order valence-electron chi connectivity index (χ1n) is 6.16. The fourth-order valence-corrected chi connectivity index (χ4v) is 3.19. The molecule has 0 aromatic carbocycles. The van der Waals surface area contributed by atoms with Crippen molar-refractivity contribution in [2.45, 2.75) is 63.5 Å². The van der Waals surface area contributed by atoms with Crippen LogP contribution in [0, 0.1) is 5.92 Å². The highest BCUT2D eigenvalue weighted by Crippen LogP contribution is 2.37. The van der Waals surface area contributed by atoms with E-state index in [2.05, 4.69) is 12.2 Å². The second kappa shape index (κ2) is 4.19. The minimum Gasteiger partial charge on any atom is -0.391 e. The van der Waals surface area contributed by atoms with Gasteiger partial charge in [0.25, 0.3) is 0 Å². The van der Waals surface area contributed by atoms with E-state index in [1.165, 1.54) is 32.1 Å². The monoisotopic (exact) mass is 197 g/mol. The Kier molecular flexibility index (Phi) is 3.13. The number of rotatable bonds is 1. The Bertz CT molecular complexity index is 189. The molecule has 2 nitrogen and oxygen atoms in total. The summed E-state index contributed by atoms with van der Waals surface area (Å²) >= 11 is 0. The number of piperidine rings is 1. The van der Waals surface area contributed by atoms with Crippen LogP contribution in [0.3, 0.4) is 0 Å². The van der Waals surface area contributed by atoms with Crippen LogP contribution < -0.4 is 5.32 Å². The van der Waals surface area contributed by atoms with Crippen LogP contribution in [0.2, 0.25) is 0 Å². The van der Waals surface area contributed by atoms with Crippen LogP contribution in [0.4, 0.5) is 0 Å². The topological polar surface area (TPSA) is 32.3 Å². The number of aliphatic hydroxyl groups is 1. The van der Waals surface area contributed by atoms with E-state index >= 15 is 0 Å². The average Bonchev–Trinajstić information content (AvgIpc) is 2.24. The molecule has 2 unspecified atom stereocenters. The zero-order valence-corrected chi connectivity index (χ0v) is 9.26. The van der Waals surface area contributed by atoms with Crippen LogP contribution in [0.15, 0.2) is 0 Å². The Labute approximate surface area is 87.1 Å². The molecule has 0 amide bonds. The van der Waals surface area contributed by atoms with Gasteiger partial charge in [-0.2, -0.15) is 0 Å². The van der Waals surface area contributed by atoms with Gasteiger partial charge in [0.2, 0.25) is 0 Å². The highest BCUT2D eigenvalue weighted by Gasteiger charge is 2.41. The van der Waals surface area contributed by atoms with Crippen molar-refractivity contribution in [1.82, 2.24) is 5.32 Å². The molecule has 2 N–H and O–H groups in total. The molecule has 0 bridgehead atoms. The van der Waals surface area contributed by atoms with Crippen LogP contribution in [0.5, 0.6) is 0 Å². The number of aliphatic hydroxyl groups excluding tert-OH is 1. The highest BCUT2D eigenvalue weighted by molar-refractivity contribution is 4.99. The summed E-state index contributed by atoms with van der Waals surface area (Å²) in [5.41, 5.74) is 0.0126. The summed E-state index contributed by atoms with van der Waals surface area (Å²) in [5.74, 6) is 0.701. The molecule has 0 radical (unpaired) electrons. The van der Waals surface area contributed by atoms with Gasteiger partial charge in [-0.05, 0) is 45.1 Å². The molecule has 1 aliphatic heterocycles. The molecule has 1 heterocycles. The first-order chi connectivity index (χ1) is 6.73. The molecule has 2 fully saturated rings. The lowest BCUT2D eigenvalue weighted by molar-refractivity contribution is -0.00604. The molecule has 2 heteroatoms. The van der Waals surface area contributed by atoms with Crippen molar-refractivity contribution in [2.24, 2.45) is 5.92 Å². The molecule has 0 aromatic heterocycles. The molecule has 2 aliphatic rings. The summed E-state index contributed by atoms with van der Waals surface area (Å²) in [5, 5.41) is 13.7. The fourth-order valence-electron chi connectivity index (χ4n) is 3.19. The van der Waals surface area contributed by atoms with Crippen molar-refractivity contribution in [2.75, 3.05) is 6.54 Å². The zero-order valence-electron chi connectivity index (χ0n) is 9.26. The van der Waals surface area contributed by atoms with Gasteiger partial charge >= 0.3 is 0 Å². The lowest BCUT2D eigenvalue weighted by Gasteiger charge is -2.46. The van der Waals surface area contributed by atoms with Crippen molar-refractivity contribution >= 4 is 0 Å². The third kappa shape index (κ3) is 1.82. The number of nitrogens with one attached hydrogen (secondary N) is 1. The first kappa shape index (κ1) is 10.4. The van der Waals surface area contributed by atoms with Crippen molar-refractivity contribution in [3.05, 3.63) is 0 Å². The van der Waals surface area contributed by atoms with E-state index in [1.807, 2.05) is 0 Å². The van der Waals surface area contributed by atoms with Gasteiger partial charge < -0.3 is 10.4 Å². The summed E-state index contributed by atoms with van der Waals surface area (Å²) in [4.78, 5) is 0. The molecule has 2 rings (SSSR count). The van der Waals surface area contributed by atoms with Gasteiger partial charge in [0.05, 0.1) is 6.10 Å². The standard InChI is InChI=1S/C12H23NO/c1-12(10-6-3-2-4-7-10)11(14)8-5-9-13-12/h10-11,13-14H,2-9H2,1H3. The van der Waals surface area contributed by atoms with Crippen molar-refractivity contribution in [3.8, 4) is 0 Å². The highest BCUT2D eigenvalue weighted by atomic mass is 16.3.